The number of thiazole rings is 1. The maximum Gasteiger partial charge on any atom is 0.326 e. The third kappa shape index (κ3) is 3.87. The van der Waals surface area contributed by atoms with Gasteiger partial charge in [0.05, 0.1) is 12.1 Å². The summed E-state index contributed by atoms with van der Waals surface area (Å²) in [4.78, 5) is 30.7. The van der Waals surface area contributed by atoms with Crippen LogP contribution in [0.4, 0.5) is 0 Å². The van der Waals surface area contributed by atoms with Crippen molar-refractivity contribution in [2.75, 3.05) is 6.61 Å². The number of fused-ring (bicyclic) bond motifs is 1. The van der Waals surface area contributed by atoms with Crippen molar-refractivity contribution in [3.05, 3.63) is 16.1 Å². The van der Waals surface area contributed by atoms with Gasteiger partial charge in [0.2, 0.25) is 5.91 Å². The zero-order chi connectivity index (χ0) is 18.0. The summed E-state index contributed by atoms with van der Waals surface area (Å²) in [5.41, 5.74) is 0.708. The summed E-state index contributed by atoms with van der Waals surface area (Å²) < 4.78 is 5.54. The lowest BCUT2D eigenvalue weighted by molar-refractivity contribution is -0.149. The van der Waals surface area contributed by atoms with Gasteiger partial charge in [-0.3, -0.25) is 4.79 Å². The van der Waals surface area contributed by atoms with Crippen LogP contribution in [-0.4, -0.2) is 45.6 Å². The van der Waals surface area contributed by atoms with Crippen molar-refractivity contribution < 1.29 is 19.4 Å². The molecule has 6 nitrogen and oxygen atoms in total. The monoisotopic (exact) mass is 366 g/mol. The van der Waals surface area contributed by atoms with Gasteiger partial charge in [0.15, 0.2) is 0 Å². The van der Waals surface area contributed by atoms with Crippen molar-refractivity contribution in [2.45, 2.75) is 70.6 Å². The lowest BCUT2D eigenvalue weighted by atomic mass is 9.84. The highest BCUT2D eigenvalue weighted by molar-refractivity contribution is 7.09. The van der Waals surface area contributed by atoms with Crippen LogP contribution in [0.15, 0.2) is 5.38 Å². The van der Waals surface area contributed by atoms with E-state index in [1.807, 2.05) is 19.2 Å². The zero-order valence-electron chi connectivity index (χ0n) is 14.8. The topological polar surface area (TPSA) is 79.7 Å². The second-order valence-corrected chi connectivity index (χ2v) is 7.84. The molecule has 1 saturated heterocycles. The summed E-state index contributed by atoms with van der Waals surface area (Å²) in [7, 11) is 0. The molecule has 1 saturated carbocycles. The highest BCUT2D eigenvalue weighted by atomic mass is 32.1. The normalized spacial score (nSPS) is 27.1. The largest absolute Gasteiger partial charge is 0.480 e. The average Bonchev–Trinajstić information content (AvgIpc) is 3.19. The number of aromatic nitrogens is 1. The van der Waals surface area contributed by atoms with Crippen molar-refractivity contribution >= 4 is 23.2 Å². The number of aliphatic carboxylic acids is 1. The number of carboxylic acid groups (broad SMARTS) is 1. The number of carboxylic acids is 1. The van der Waals surface area contributed by atoms with E-state index in [1.165, 1.54) is 11.3 Å². The molecule has 0 aromatic carbocycles. The molecule has 1 aromatic heterocycles. The first-order valence-corrected chi connectivity index (χ1v) is 9.99. The number of likely N-dealkylation sites (tertiary alicyclic amines) is 1. The Morgan fingerprint density at radius 3 is 2.92 bits per heavy atom. The van der Waals surface area contributed by atoms with Crippen LogP contribution in [0.5, 0.6) is 0 Å². The first kappa shape index (κ1) is 18.3. The number of hydrogen-bond acceptors (Lipinski definition) is 5. The summed E-state index contributed by atoms with van der Waals surface area (Å²) in [6.45, 7) is 4.50. The molecule has 138 valence electrons. The molecule has 2 fully saturated rings. The van der Waals surface area contributed by atoms with E-state index < -0.39 is 12.0 Å². The molecular formula is C18H26N2O4S. The molecule has 7 heteroatoms. The van der Waals surface area contributed by atoms with Gasteiger partial charge in [0, 0.05) is 18.0 Å². The first-order chi connectivity index (χ1) is 12.0. The Hall–Kier alpha value is -1.47. The molecule has 2 aliphatic rings. The summed E-state index contributed by atoms with van der Waals surface area (Å²) >= 11 is 1.49. The van der Waals surface area contributed by atoms with E-state index >= 15 is 0 Å². The van der Waals surface area contributed by atoms with E-state index in [-0.39, 0.29) is 24.5 Å². The lowest BCUT2D eigenvalue weighted by Gasteiger charge is -2.33. The molecule has 0 spiro atoms. The summed E-state index contributed by atoms with van der Waals surface area (Å²) in [5.74, 6) is -0.655. The number of carbonyl (C=O) groups excluding carboxylic acids is 1. The van der Waals surface area contributed by atoms with Crippen molar-refractivity contribution in [3.8, 4) is 0 Å². The molecule has 1 aliphatic carbocycles. The van der Waals surface area contributed by atoms with Crippen molar-refractivity contribution in [1.82, 2.24) is 9.88 Å². The van der Waals surface area contributed by atoms with E-state index in [0.717, 1.165) is 30.7 Å². The van der Waals surface area contributed by atoms with Crippen LogP contribution >= 0.6 is 11.3 Å². The van der Waals surface area contributed by atoms with Crippen LogP contribution in [0, 0.1) is 5.92 Å². The standard InChI is InChI=1S/C18H26N2O4S/c1-3-24-11(2)17-19-13(10-25-17)9-16(21)20-14-7-5-4-6-12(14)8-15(20)18(22)23/h10-12,14-15H,3-9H2,1-2H3,(H,22,23)/t11-,12-,14+,15+/m1/s1. The maximum atomic E-state index is 12.9. The van der Waals surface area contributed by atoms with Crippen LogP contribution in [0.1, 0.15) is 62.8 Å². The number of amides is 1. The third-order valence-corrected chi connectivity index (χ3v) is 6.38. The number of rotatable bonds is 6. The van der Waals surface area contributed by atoms with E-state index in [0.29, 0.717) is 24.6 Å². The number of carbonyl (C=O) groups is 2. The maximum absolute atomic E-state index is 12.9. The molecule has 1 amide bonds. The van der Waals surface area contributed by atoms with Gasteiger partial charge in [0.25, 0.3) is 0 Å². The van der Waals surface area contributed by atoms with Crippen molar-refractivity contribution in [1.29, 1.82) is 0 Å². The molecule has 25 heavy (non-hydrogen) atoms. The summed E-state index contributed by atoms with van der Waals surface area (Å²) in [6.07, 6.45) is 4.84. The Morgan fingerprint density at radius 2 is 2.20 bits per heavy atom. The van der Waals surface area contributed by atoms with E-state index in [9.17, 15) is 14.7 Å². The van der Waals surface area contributed by atoms with Crippen LogP contribution < -0.4 is 0 Å². The Kier molecular flexibility index (Phi) is 5.74. The van der Waals surface area contributed by atoms with Gasteiger partial charge in [-0.2, -0.15) is 0 Å². The molecule has 4 atom stereocenters. The van der Waals surface area contributed by atoms with Crippen LogP contribution in [0.2, 0.25) is 0 Å². The fraction of sp³-hybridized carbons (Fsp3) is 0.722. The second kappa shape index (κ2) is 7.83. The average molecular weight is 366 g/mol. The number of hydrogen-bond donors (Lipinski definition) is 1. The molecule has 2 heterocycles. The number of nitrogens with zero attached hydrogens (tertiary/aromatic N) is 2. The molecule has 1 N–H and O–H groups in total. The van der Waals surface area contributed by atoms with Crippen LogP contribution in [0.3, 0.4) is 0 Å². The van der Waals surface area contributed by atoms with Crippen LogP contribution in [0.25, 0.3) is 0 Å². The SMILES string of the molecule is CCO[C@H](C)c1nc(CC(=O)N2[C@H](C(=O)O)C[C@H]3CCCC[C@@H]32)cs1. The molecule has 0 unspecified atom stereocenters. The Labute approximate surface area is 152 Å². The fourth-order valence-electron chi connectivity index (χ4n) is 4.20. The highest BCUT2D eigenvalue weighted by Gasteiger charge is 2.47. The molecule has 1 aliphatic heterocycles. The molecule has 0 bridgehead atoms. The Balaban J connectivity index is 1.71. The molecule has 0 radical (unpaired) electrons. The predicted molar refractivity (Wildman–Crippen MR) is 94.5 cm³/mol. The summed E-state index contributed by atoms with van der Waals surface area (Å²) in [6, 6.07) is -0.594. The second-order valence-electron chi connectivity index (χ2n) is 6.95. The van der Waals surface area contributed by atoms with Crippen LogP contribution in [-0.2, 0) is 20.7 Å². The Morgan fingerprint density at radius 1 is 1.44 bits per heavy atom. The van der Waals surface area contributed by atoms with E-state index in [4.69, 9.17) is 4.74 Å². The minimum absolute atomic E-state index is 0.0832. The van der Waals surface area contributed by atoms with Gasteiger partial charge in [-0.15, -0.1) is 11.3 Å². The van der Waals surface area contributed by atoms with E-state index in [2.05, 4.69) is 4.98 Å². The summed E-state index contributed by atoms with van der Waals surface area (Å²) in [5, 5.41) is 12.3. The van der Waals surface area contributed by atoms with Gasteiger partial charge >= 0.3 is 5.97 Å². The van der Waals surface area contributed by atoms with Crippen molar-refractivity contribution in [2.24, 2.45) is 5.92 Å². The number of ether oxygens (including phenoxy) is 1. The quantitative estimate of drug-likeness (QED) is 0.837. The molecule has 3 rings (SSSR count). The van der Waals surface area contributed by atoms with Gasteiger partial charge in [-0.1, -0.05) is 12.8 Å². The first-order valence-electron chi connectivity index (χ1n) is 9.11. The smallest absolute Gasteiger partial charge is 0.326 e. The molecular weight excluding hydrogens is 340 g/mol. The fourth-order valence-corrected chi connectivity index (χ4v) is 5.02. The third-order valence-electron chi connectivity index (χ3n) is 5.33. The lowest BCUT2D eigenvalue weighted by Crippen LogP contribution is -2.46. The highest BCUT2D eigenvalue weighted by Crippen LogP contribution is 2.40. The minimum atomic E-state index is -0.883. The zero-order valence-corrected chi connectivity index (χ0v) is 15.6. The Bertz CT molecular complexity index is 632. The van der Waals surface area contributed by atoms with E-state index in [1.54, 1.807) is 4.90 Å². The van der Waals surface area contributed by atoms with Crippen molar-refractivity contribution in [3.63, 3.8) is 0 Å². The minimum Gasteiger partial charge on any atom is -0.480 e. The van der Waals surface area contributed by atoms with Gasteiger partial charge in [-0.25, -0.2) is 9.78 Å². The van der Waals surface area contributed by atoms with Gasteiger partial charge < -0.3 is 14.7 Å². The van der Waals surface area contributed by atoms with Gasteiger partial charge in [0.1, 0.15) is 17.2 Å². The predicted octanol–water partition coefficient (Wildman–Crippen LogP) is 3.03. The molecule has 1 aromatic rings. The van der Waals surface area contributed by atoms with Gasteiger partial charge in [-0.05, 0) is 39.0 Å².